The molecular weight excluding hydrogens is 298 g/mol. The average molecular weight is 321 g/mol. The summed E-state index contributed by atoms with van der Waals surface area (Å²) in [6, 6.07) is 5.45. The maximum absolute atomic E-state index is 11.8. The molecule has 0 heterocycles. The number of amides is 1. The summed E-state index contributed by atoms with van der Waals surface area (Å²) in [5, 5.41) is 2.57. The summed E-state index contributed by atoms with van der Waals surface area (Å²) >= 11 is 0. The van der Waals surface area contributed by atoms with E-state index in [9.17, 15) is 9.59 Å². The second-order valence-electron chi connectivity index (χ2n) is 4.86. The van der Waals surface area contributed by atoms with Gasteiger partial charge in [-0.25, -0.2) is 0 Å². The summed E-state index contributed by atoms with van der Waals surface area (Å²) in [5.41, 5.74) is 0.920. The van der Waals surface area contributed by atoms with Crippen molar-refractivity contribution in [2.45, 2.75) is 25.9 Å². The van der Waals surface area contributed by atoms with Crippen molar-refractivity contribution in [2.75, 3.05) is 20.8 Å². The van der Waals surface area contributed by atoms with Crippen LogP contribution in [0.4, 0.5) is 0 Å². The molecule has 1 N–H and O–H groups in total. The van der Waals surface area contributed by atoms with Crippen LogP contribution in [0.25, 0.3) is 0 Å². The van der Waals surface area contributed by atoms with Gasteiger partial charge in [-0.1, -0.05) is 12.1 Å². The van der Waals surface area contributed by atoms with Gasteiger partial charge in [0.15, 0.2) is 17.6 Å². The molecule has 0 aliphatic rings. The van der Waals surface area contributed by atoms with E-state index in [0.717, 1.165) is 5.56 Å². The first-order chi connectivity index (χ1) is 11.0. The van der Waals surface area contributed by atoms with Crippen molar-refractivity contribution < 1.29 is 23.8 Å². The summed E-state index contributed by atoms with van der Waals surface area (Å²) in [6.45, 7) is 5.37. The molecule has 0 unspecified atom stereocenters. The van der Waals surface area contributed by atoms with Crippen molar-refractivity contribution in [2.24, 2.45) is 0 Å². The average Bonchev–Trinajstić information content (AvgIpc) is 2.57. The van der Waals surface area contributed by atoms with Gasteiger partial charge < -0.3 is 19.5 Å². The Labute approximate surface area is 136 Å². The Morgan fingerprint density at radius 1 is 1.26 bits per heavy atom. The van der Waals surface area contributed by atoms with Crippen LogP contribution in [0.3, 0.4) is 0 Å². The lowest BCUT2D eigenvalue weighted by Crippen LogP contribution is -2.35. The summed E-state index contributed by atoms with van der Waals surface area (Å²) in [6.07, 6.45) is 1.39. The molecule has 0 aliphatic carbocycles. The van der Waals surface area contributed by atoms with Crippen LogP contribution in [-0.4, -0.2) is 38.7 Å². The number of hydrogen-bond acceptors (Lipinski definition) is 5. The molecule has 0 radical (unpaired) electrons. The van der Waals surface area contributed by atoms with E-state index in [1.165, 1.54) is 6.92 Å². The zero-order valence-corrected chi connectivity index (χ0v) is 13.8. The van der Waals surface area contributed by atoms with Crippen molar-refractivity contribution in [1.29, 1.82) is 0 Å². The van der Waals surface area contributed by atoms with E-state index in [2.05, 4.69) is 11.9 Å². The molecular formula is C17H23NO5. The van der Waals surface area contributed by atoms with Crippen molar-refractivity contribution in [1.82, 2.24) is 5.32 Å². The molecule has 0 bridgehead atoms. The summed E-state index contributed by atoms with van der Waals surface area (Å²) in [4.78, 5) is 23.4. The van der Waals surface area contributed by atoms with Gasteiger partial charge in [-0.2, -0.15) is 0 Å². The van der Waals surface area contributed by atoms with Crippen LogP contribution < -0.4 is 14.8 Å². The number of esters is 1. The van der Waals surface area contributed by atoms with Gasteiger partial charge in [-0.3, -0.25) is 9.59 Å². The second-order valence-corrected chi connectivity index (χ2v) is 4.86. The Hall–Kier alpha value is -2.50. The molecule has 23 heavy (non-hydrogen) atoms. The number of rotatable bonds is 9. The zero-order chi connectivity index (χ0) is 17.2. The third-order valence-electron chi connectivity index (χ3n) is 3.16. The van der Waals surface area contributed by atoms with Crippen molar-refractivity contribution in [3.8, 4) is 11.5 Å². The Bertz CT molecular complexity index is 556. The van der Waals surface area contributed by atoms with Crippen LogP contribution in [0, 0.1) is 0 Å². The molecule has 0 saturated heterocycles. The molecule has 1 aromatic rings. The fourth-order valence-corrected chi connectivity index (χ4v) is 1.91. The lowest BCUT2D eigenvalue weighted by Gasteiger charge is -2.13. The molecule has 126 valence electrons. The number of benzene rings is 1. The van der Waals surface area contributed by atoms with E-state index in [0.29, 0.717) is 24.5 Å². The summed E-state index contributed by atoms with van der Waals surface area (Å²) < 4.78 is 15.5. The van der Waals surface area contributed by atoms with Crippen molar-refractivity contribution >= 4 is 11.9 Å². The molecule has 0 aromatic heterocycles. The first-order valence-electron chi connectivity index (χ1n) is 7.30. The third-order valence-corrected chi connectivity index (χ3v) is 3.16. The number of carbonyl (C=O) groups excluding carboxylic acids is 2. The van der Waals surface area contributed by atoms with Crippen LogP contribution in [0.5, 0.6) is 11.5 Å². The predicted molar refractivity (Wildman–Crippen MR) is 86.6 cm³/mol. The lowest BCUT2D eigenvalue weighted by molar-refractivity contribution is -0.154. The van der Waals surface area contributed by atoms with Crippen LogP contribution in [0.15, 0.2) is 30.9 Å². The minimum Gasteiger partial charge on any atom is -0.493 e. The van der Waals surface area contributed by atoms with Crippen LogP contribution in [0.1, 0.15) is 18.9 Å². The first-order valence-corrected chi connectivity index (χ1v) is 7.30. The maximum Gasteiger partial charge on any atom is 0.306 e. The Balaban J connectivity index is 2.49. The quantitative estimate of drug-likeness (QED) is 0.555. The van der Waals surface area contributed by atoms with Gasteiger partial charge in [0.25, 0.3) is 5.91 Å². The highest BCUT2D eigenvalue weighted by Crippen LogP contribution is 2.27. The summed E-state index contributed by atoms with van der Waals surface area (Å²) in [7, 11) is 3.12. The van der Waals surface area contributed by atoms with E-state index in [4.69, 9.17) is 14.2 Å². The third kappa shape index (κ3) is 6.02. The molecule has 1 atom stereocenters. The van der Waals surface area contributed by atoms with E-state index >= 15 is 0 Å². The predicted octanol–water partition coefficient (Wildman–Crippen LogP) is 1.87. The van der Waals surface area contributed by atoms with Crippen LogP contribution in [-0.2, 0) is 20.7 Å². The largest absolute Gasteiger partial charge is 0.493 e. The van der Waals surface area contributed by atoms with E-state index < -0.39 is 12.1 Å². The van der Waals surface area contributed by atoms with Crippen LogP contribution in [0.2, 0.25) is 0 Å². The Morgan fingerprint density at radius 3 is 2.57 bits per heavy atom. The Morgan fingerprint density at radius 2 is 1.96 bits per heavy atom. The lowest BCUT2D eigenvalue weighted by atomic mass is 10.1. The number of ether oxygens (including phenoxy) is 3. The molecule has 1 aromatic carbocycles. The van der Waals surface area contributed by atoms with E-state index in [-0.39, 0.29) is 12.3 Å². The molecule has 0 saturated carbocycles. The molecule has 6 nitrogen and oxygen atoms in total. The fraction of sp³-hybridized carbons (Fsp3) is 0.412. The molecule has 0 spiro atoms. The SMILES string of the molecule is C=CCNC(=O)[C@@H](C)OC(=O)CCc1ccc(OC)c(OC)c1. The summed E-state index contributed by atoms with van der Waals surface area (Å²) in [5.74, 6) is 0.465. The monoisotopic (exact) mass is 321 g/mol. The van der Waals surface area contributed by atoms with Gasteiger partial charge in [-0.05, 0) is 31.0 Å². The smallest absolute Gasteiger partial charge is 0.306 e. The number of carbonyl (C=O) groups is 2. The first kappa shape index (κ1) is 18.5. The van der Waals surface area contributed by atoms with Crippen LogP contribution >= 0.6 is 0 Å². The van der Waals surface area contributed by atoms with Gasteiger partial charge in [0.1, 0.15) is 0 Å². The number of hydrogen-bond donors (Lipinski definition) is 1. The van der Waals surface area contributed by atoms with Gasteiger partial charge in [0, 0.05) is 13.0 Å². The second kappa shape index (κ2) is 9.50. The van der Waals surface area contributed by atoms with Gasteiger partial charge in [0.05, 0.1) is 14.2 Å². The number of nitrogens with one attached hydrogen (secondary N) is 1. The van der Waals surface area contributed by atoms with E-state index in [1.54, 1.807) is 26.4 Å². The highest BCUT2D eigenvalue weighted by atomic mass is 16.5. The molecule has 0 aliphatic heterocycles. The normalized spacial score (nSPS) is 11.3. The van der Waals surface area contributed by atoms with Crippen molar-refractivity contribution in [3.05, 3.63) is 36.4 Å². The number of methoxy groups -OCH3 is 2. The number of aryl methyl sites for hydroxylation is 1. The van der Waals surface area contributed by atoms with Gasteiger partial charge in [0.2, 0.25) is 0 Å². The van der Waals surface area contributed by atoms with Crippen molar-refractivity contribution in [3.63, 3.8) is 0 Å². The topological polar surface area (TPSA) is 73.9 Å². The van der Waals surface area contributed by atoms with E-state index in [1.807, 2.05) is 12.1 Å². The minimum absolute atomic E-state index is 0.175. The molecule has 1 amide bonds. The molecule has 1 rings (SSSR count). The van der Waals surface area contributed by atoms with Gasteiger partial charge in [-0.15, -0.1) is 6.58 Å². The van der Waals surface area contributed by atoms with Gasteiger partial charge >= 0.3 is 5.97 Å². The maximum atomic E-state index is 11.8. The molecule has 6 heteroatoms. The Kier molecular flexibility index (Phi) is 7.66. The minimum atomic E-state index is -0.826. The standard InChI is InChI=1S/C17H23NO5/c1-5-10-18-17(20)12(2)23-16(19)9-7-13-6-8-14(21-3)15(11-13)22-4/h5-6,8,11-12H,1,7,9-10H2,2-4H3,(H,18,20)/t12-/m1/s1. The highest BCUT2D eigenvalue weighted by Gasteiger charge is 2.17. The fourth-order valence-electron chi connectivity index (χ4n) is 1.91. The zero-order valence-electron chi connectivity index (χ0n) is 13.8. The molecule has 0 fully saturated rings. The highest BCUT2D eigenvalue weighted by molar-refractivity contribution is 5.83.